The number of nitrogens with one attached hydrogen (secondary N) is 1. The molecule has 15 heavy (non-hydrogen) atoms. The van der Waals surface area contributed by atoms with Crippen molar-refractivity contribution in [3.63, 3.8) is 0 Å². The summed E-state index contributed by atoms with van der Waals surface area (Å²) >= 11 is 5.52. The van der Waals surface area contributed by atoms with Crippen molar-refractivity contribution in [2.45, 2.75) is 25.7 Å². The van der Waals surface area contributed by atoms with E-state index in [9.17, 15) is 8.42 Å². The van der Waals surface area contributed by atoms with E-state index in [-0.39, 0.29) is 12.4 Å². The number of ether oxygens (including phenoxy) is 1. The predicted octanol–water partition coefficient (Wildman–Crippen LogP) is 1.35. The minimum atomic E-state index is -3.14. The minimum Gasteiger partial charge on any atom is -0.384 e. The molecule has 0 aliphatic carbocycles. The molecule has 0 heterocycles. The first-order valence-electron chi connectivity index (χ1n) is 5.14. The number of rotatable bonds is 10. The van der Waals surface area contributed by atoms with Gasteiger partial charge in [-0.05, 0) is 12.8 Å². The number of hydrogen-bond donors (Lipinski definition) is 1. The van der Waals surface area contributed by atoms with Crippen molar-refractivity contribution in [3.8, 4) is 0 Å². The standard InChI is InChI=1S/C9H20ClNO3S/c1-14-8-9-15(12,13)11-7-5-3-2-4-6-10/h11H,2-9H2,1H3. The lowest BCUT2D eigenvalue weighted by atomic mass is 10.2. The third kappa shape index (κ3) is 10.4. The number of alkyl halides is 1. The second kappa shape index (κ2) is 9.39. The Morgan fingerprint density at radius 3 is 2.47 bits per heavy atom. The van der Waals surface area contributed by atoms with E-state index in [0.717, 1.165) is 25.7 Å². The van der Waals surface area contributed by atoms with Gasteiger partial charge in [-0.15, -0.1) is 11.6 Å². The van der Waals surface area contributed by atoms with Gasteiger partial charge in [0.2, 0.25) is 10.0 Å². The smallest absolute Gasteiger partial charge is 0.213 e. The molecule has 0 amide bonds. The molecule has 0 aliphatic rings. The molecule has 0 unspecified atom stereocenters. The van der Waals surface area contributed by atoms with E-state index in [2.05, 4.69) is 4.72 Å². The summed E-state index contributed by atoms with van der Waals surface area (Å²) in [4.78, 5) is 0. The third-order valence-electron chi connectivity index (χ3n) is 1.94. The average molecular weight is 258 g/mol. The highest BCUT2D eigenvalue weighted by atomic mass is 35.5. The molecule has 6 heteroatoms. The zero-order chi connectivity index (χ0) is 11.6. The highest BCUT2D eigenvalue weighted by molar-refractivity contribution is 7.89. The summed E-state index contributed by atoms with van der Waals surface area (Å²) in [6.45, 7) is 0.746. The maximum absolute atomic E-state index is 11.3. The van der Waals surface area contributed by atoms with Crippen LogP contribution in [0.4, 0.5) is 0 Å². The Kier molecular flexibility index (Phi) is 9.49. The lowest BCUT2D eigenvalue weighted by Gasteiger charge is -2.05. The first-order chi connectivity index (χ1) is 7.12. The fraction of sp³-hybridized carbons (Fsp3) is 1.00. The molecule has 0 saturated carbocycles. The van der Waals surface area contributed by atoms with E-state index >= 15 is 0 Å². The summed E-state index contributed by atoms with van der Waals surface area (Å²) in [5.41, 5.74) is 0. The van der Waals surface area contributed by atoms with Gasteiger partial charge in [-0.2, -0.15) is 0 Å². The molecule has 0 saturated heterocycles. The first-order valence-corrected chi connectivity index (χ1v) is 7.33. The van der Waals surface area contributed by atoms with Crippen LogP contribution in [0.3, 0.4) is 0 Å². The van der Waals surface area contributed by atoms with Crippen molar-refractivity contribution in [2.24, 2.45) is 0 Å². The van der Waals surface area contributed by atoms with Crippen LogP contribution in [0.2, 0.25) is 0 Å². The van der Waals surface area contributed by atoms with Crippen molar-refractivity contribution >= 4 is 21.6 Å². The number of hydrogen-bond acceptors (Lipinski definition) is 3. The molecular formula is C9H20ClNO3S. The summed E-state index contributed by atoms with van der Waals surface area (Å²) < 4.78 is 29.8. The lowest BCUT2D eigenvalue weighted by molar-refractivity contribution is 0.217. The van der Waals surface area contributed by atoms with Gasteiger partial charge in [0.05, 0.1) is 12.4 Å². The molecule has 92 valence electrons. The van der Waals surface area contributed by atoms with Gasteiger partial charge in [0.15, 0.2) is 0 Å². The molecule has 0 atom stereocenters. The molecule has 0 spiro atoms. The Hall–Kier alpha value is 0.160. The van der Waals surface area contributed by atoms with E-state index in [4.69, 9.17) is 16.3 Å². The fourth-order valence-corrected chi connectivity index (χ4v) is 2.24. The van der Waals surface area contributed by atoms with Gasteiger partial charge < -0.3 is 4.74 Å². The van der Waals surface area contributed by atoms with Crippen LogP contribution in [0.15, 0.2) is 0 Å². The number of methoxy groups -OCH3 is 1. The van der Waals surface area contributed by atoms with Crippen LogP contribution < -0.4 is 4.72 Å². The van der Waals surface area contributed by atoms with Gasteiger partial charge in [-0.3, -0.25) is 0 Å². The molecule has 0 radical (unpaired) electrons. The maximum atomic E-state index is 11.3. The fourth-order valence-electron chi connectivity index (χ4n) is 1.07. The van der Waals surface area contributed by atoms with Crippen molar-refractivity contribution in [1.82, 2.24) is 4.72 Å². The van der Waals surface area contributed by atoms with Crippen molar-refractivity contribution < 1.29 is 13.2 Å². The molecule has 0 aliphatic heterocycles. The Bertz CT molecular complexity index is 232. The van der Waals surface area contributed by atoms with Gasteiger partial charge in [-0.1, -0.05) is 12.8 Å². The summed E-state index contributed by atoms with van der Waals surface area (Å²) in [6.07, 6.45) is 3.93. The van der Waals surface area contributed by atoms with Crippen LogP contribution >= 0.6 is 11.6 Å². The van der Waals surface area contributed by atoms with Crippen molar-refractivity contribution in [2.75, 3.05) is 31.9 Å². The molecule has 0 aromatic carbocycles. The molecule has 0 aromatic heterocycles. The van der Waals surface area contributed by atoms with Gasteiger partial charge in [0.25, 0.3) is 0 Å². The molecule has 0 rings (SSSR count). The molecule has 0 fully saturated rings. The summed E-state index contributed by atoms with van der Waals surface area (Å²) in [6, 6.07) is 0. The summed E-state index contributed by atoms with van der Waals surface area (Å²) in [5.74, 6) is 0.713. The normalized spacial score (nSPS) is 11.9. The minimum absolute atomic E-state index is 0.0329. The molecule has 4 nitrogen and oxygen atoms in total. The monoisotopic (exact) mass is 257 g/mol. The van der Waals surface area contributed by atoms with Gasteiger partial charge >= 0.3 is 0 Å². The van der Waals surface area contributed by atoms with Crippen LogP contribution in [0.25, 0.3) is 0 Å². The van der Waals surface area contributed by atoms with Gasteiger partial charge in [0, 0.05) is 19.5 Å². The van der Waals surface area contributed by atoms with E-state index in [0.29, 0.717) is 12.4 Å². The number of unbranched alkanes of at least 4 members (excludes halogenated alkanes) is 3. The van der Waals surface area contributed by atoms with E-state index in [1.165, 1.54) is 7.11 Å². The molecule has 1 N–H and O–H groups in total. The summed E-state index contributed by atoms with van der Waals surface area (Å²) in [7, 11) is -1.65. The highest BCUT2D eigenvalue weighted by Gasteiger charge is 2.07. The van der Waals surface area contributed by atoms with Crippen molar-refractivity contribution in [1.29, 1.82) is 0 Å². The lowest BCUT2D eigenvalue weighted by Crippen LogP contribution is -2.29. The second-order valence-electron chi connectivity index (χ2n) is 3.31. The first kappa shape index (κ1) is 15.2. The zero-order valence-electron chi connectivity index (χ0n) is 9.17. The highest BCUT2D eigenvalue weighted by Crippen LogP contribution is 2.00. The Balaban J connectivity index is 3.41. The quantitative estimate of drug-likeness (QED) is 0.475. The Morgan fingerprint density at radius 1 is 1.20 bits per heavy atom. The number of halogens is 1. The van der Waals surface area contributed by atoms with Gasteiger partial charge in [0.1, 0.15) is 0 Å². The average Bonchev–Trinajstić information content (AvgIpc) is 2.20. The van der Waals surface area contributed by atoms with Crippen LogP contribution in [-0.4, -0.2) is 40.3 Å². The Morgan fingerprint density at radius 2 is 1.87 bits per heavy atom. The van der Waals surface area contributed by atoms with E-state index in [1.54, 1.807) is 0 Å². The molecule has 0 bridgehead atoms. The third-order valence-corrected chi connectivity index (χ3v) is 3.55. The Labute approximate surface area is 97.4 Å². The number of sulfonamides is 1. The maximum Gasteiger partial charge on any atom is 0.213 e. The van der Waals surface area contributed by atoms with Crippen molar-refractivity contribution in [3.05, 3.63) is 0 Å². The molecular weight excluding hydrogens is 238 g/mol. The van der Waals surface area contributed by atoms with Crippen LogP contribution in [0, 0.1) is 0 Å². The zero-order valence-corrected chi connectivity index (χ0v) is 10.7. The molecule has 0 aromatic rings. The van der Waals surface area contributed by atoms with Gasteiger partial charge in [-0.25, -0.2) is 13.1 Å². The van der Waals surface area contributed by atoms with Crippen LogP contribution in [0.1, 0.15) is 25.7 Å². The van der Waals surface area contributed by atoms with E-state index < -0.39 is 10.0 Å². The largest absolute Gasteiger partial charge is 0.384 e. The topological polar surface area (TPSA) is 55.4 Å². The predicted molar refractivity (Wildman–Crippen MR) is 62.9 cm³/mol. The second-order valence-corrected chi connectivity index (χ2v) is 5.61. The van der Waals surface area contributed by atoms with Crippen LogP contribution in [-0.2, 0) is 14.8 Å². The SMILES string of the molecule is COCCS(=O)(=O)NCCCCCCCl. The summed E-state index contributed by atoms with van der Waals surface area (Å²) in [5, 5.41) is 0. The van der Waals surface area contributed by atoms with Crippen LogP contribution in [0.5, 0.6) is 0 Å². The van der Waals surface area contributed by atoms with E-state index in [1.807, 2.05) is 0 Å².